The van der Waals surface area contributed by atoms with Crippen LogP contribution in [0.25, 0.3) is 0 Å². The maximum atomic E-state index is 5.57. The van der Waals surface area contributed by atoms with Crippen LogP contribution in [0.4, 0.5) is 0 Å². The highest BCUT2D eigenvalue weighted by Crippen LogP contribution is 2.25. The zero-order chi connectivity index (χ0) is 10.6. The Bertz CT molecular complexity index is 297. The zero-order valence-electron chi connectivity index (χ0n) is 8.76. The molecule has 2 nitrogen and oxygen atoms in total. The van der Waals surface area contributed by atoms with Crippen molar-refractivity contribution in [2.24, 2.45) is 11.1 Å². The fourth-order valence-corrected chi connectivity index (χ4v) is 2.00. The predicted molar refractivity (Wildman–Crippen MR) is 63.1 cm³/mol. The molecule has 1 aromatic rings. The Hall–Kier alpha value is -0.410. The van der Waals surface area contributed by atoms with Crippen molar-refractivity contribution in [3.63, 3.8) is 0 Å². The van der Waals surface area contributed by atoms with Gasteiger partial charge in [-0.1, -0.05) is 13.8 Å². The molecular weight excluding hydrogens is 240 g/mol. The minimum atomic E-state index is 0.261. The van der Waals surface area contributed by atoms with Crippen molar-refractivity contribution in [3.05, 3.63) is 28.5 Å². The summed E-state index contributed by atoms with van der Waals surface area (Å²) in [6.45, 7) is 5.22. The fraction of sp³-hybridized carbons (Fsp3) is 0.545. The molecule has 0 saturated heterocycles. The molecule has 0 aliphatic heterocycles. The van der Waals surface area contributed by atoms with E-state index in [1.165, 1.54) is 5.56 Å². The second-order valence-corrected chi connectivity index (χ2v) is 5.31. The fourth-order valence-electron chi connectivity index (χ4n) is 1.58. The monoisotopic (exact) mass is 256 g/mol. The molecule has 0 spiro atoms. The highest BCUT2D eigenvalue weighted by molar-refractivity contribution is 9.10. The minimum Gasteiger partial charge on any atom is -0.330 e. The van der Waals surface area contributed by atoms with Gasteiger partial charge in [-0.3, -0.25) is 4.98 Å². The largest absolute Gasteiger partial charge is 0.330 e. The normalized spacial score (nSPS) is 11.7. The molecule has 0 aliphatic rings. The van der Waals surface area contributed by atoms with Crippen LogP contribution in [0.5, 0.6) is 0 Å². The van der Waals surface area contributed by atoms with Crippen LogP contribution in [0.15, 0.2) is 22.9 Å². The number of pyridine rings is 1. The van der Waals surface area contributed by atoms with Gasteiger partial charge in [-0.2, -0.15) is 0 Å². The highest BCUT2D eigenvalue weighted by Gasteiger charge is 2.17. The smallest absolute Gasteiger partial charge is 0.0410 e. The van der Waals surface area contributed by atoms with Crippen molar-refractivity contribution in [1.29, 1.82) is 0 Å². The molecule has 0 atom stereocenters. The van der Waals surface area contributed by atoms with E-state index in [1.807, 2.05) is 6.20 Å². The van der Waals surface area contributed by atoms with Crippen molar-refractivity contribution in [2.75, 3.05) is 6.54 Å². The molecule has 0 unspecified atom stereocenters. The number of rotatable bonds is 4. The van der Waals surface area contributed by atoms with Crippen molar-refractivity contribution in [1.82, 2.24) is 4.98 Å². The summed E-state index contributed by atoms with van der Waals surface area (Å²) in [6.07, 6.45) is 5.79. The van der Waals surface area contributed by atoms with E-state index < -0.39 is 0 Å². The molecule has 0 aromatic carbocycles. The average molecular weight is 257 g/mol. The highest BCUT2D eigenvalue weighted by atomic mass is 79.9. The molecule has 0 radical (unpaired) electrons. The maximum Gasteiger partial charge on any atom is 0.0410 e. The molecule has 0 fully saturated rings. The Balaban J connectivity index is 2.68. The van der Waals surface area contributed by atoms with Gasteiger partial charge in [0.1, 0.15) is 0 Å². The SMILES string of the molecule is CC(C)(CCN)Cc1cncc(Br)c1. The van der Waals surface area contributed by atoms with E-state index >= 15 is 0 Å². The second-order valence-electron chi connectivity index (χ2n) is 4.39. The Kier molecular flexibility index (Phi) is 4.08. The lowest BCUT2D eigenvalue weighted by atomic mass is 9.83. The first kappa shape index (κ1) is 11.7. The third kappa shape index (κ3) is 3.76. The Morgan fingerprint density at radius 2 is 2.14 bits per heavy atom. The van der Waals surface area contributed by atoms with Gasteiger partial charge in [-0.15, -0.1) is 0 Å². The lowest BCUT2D eigenvalue weighted by Gasteiger charge is -2.23. The number of aromatic nitrogens is 1. The number of halogens is 1. The first-order chi connectivity index (χ1) is 6.53. The Morgan fingerprint density at radius 1 is 1.43 bits per heavy atom. The van der Waals surface area contributed by atoms with Crippen molar-refractivity contribution in [2.45, 2.75) is 26.7 Å². The van der Waals surface area contributed by atoms with Crippen LogP contribution in [0.3, 0.4) is 0 Å². The molecule has 0 amide bonds. The molecule has 1 rings (SSSR count). The van der Waals surface area contributed by atoms with Gasteiger partial charge in [0, 0.05) is 16.9 Å². The van der Waals surface area contributed by atoms with E-state index in [2.05, 4.69) is 40.8 Å². The van der Waals surface area contributed by atoms with Crippen LogP contribution in [0.2, 0.25) is 0 Å². The van der Waals surface area contributed by atoms with Crippen LogP contribution in [0.1, 0.15) is 25.8 Å². The molecule has 0 bridgehead atoms. The first-order valence-electron chi connectivity index (χ1n) is 4.83. The zero-order valence-corrected chi connectivity index (χ0v) is 10.3. The van der Waals surface area contributed by atoms with Crippen LogP contribution < -0.4 is 5.73 Å². The Labute approximate surface area is 94.0 Å². The van der Waals surface area contributed by atoms with Gasteiger partial charge in [0.15, 0.2) is 0 Å². The van der Waals surface area contributed by atoms with E-state index in [4.69, 9.17) is 5.73 Å². The molecule has 1 heterocycles. The Morgan fingerprint density at radius 3 is 2.71 bits per heavy atom. The molecule has 14 heavy (non-hydrogen) atoms. The van der Waals surface area contributed by atoms with Crippen molar-refractivity contribution < 1.29 is 0 Å². The molecule has 2 N–H and O–H groups in total. The number of nitrogens with two attached hydrogens (primary N) is 1. The number of nitrogens with zero attached hydrogens (tertiary/aromatic N) is 1. The average Bonchev–Trinajstić information content (AvgIpc) is 2.02. The number of hydrogen-bond donors (Lipinski definition) is 1. The quantitative estimate of drug-likeness (QED) is 0.900. The van der Waals surface area contributed by atoms with Gasteiger partial charge in [0.05, 0.1) is 0 Å². The maximum absolute atomic E-state index is 5.57. The van der Waals surface area contributed by atoms with Crippen LogP contribution in [-0.4, -0.2) is 11.5 Å². The minimum absolute atomic E-state index is 0.261. The summed E-state index contributed by atoms with van der Waals surface area (Å²) in [6, 6.07) is 2.12. The third-order valence-electron chi connectivity index (χ3n) is 2.27. The summed E-state index contributed by atoms with van der Waals surface area (Å²) in [5.41, 5.74) is 7.10. The van der Waals surface area contributed by atoms with Gasteiger partial charge in [0.25, 0.3) is 0 Å². The van der Waals surface area contributed by atoms with E-state index in [-0.39, 0.29) is 5.41 Å². The molecule has 0 saturated carbocycles. The summed E-state index contributed by atoms with van der Waals surface area (Å²) in [5.74, 6) is 0. The standard InChI is InChI=1S/C11H17BrN2/c1-11(2,3-4-13)6-9-5-10(12)8-14-7-9/h5,7-8H,3-4,6,13H2,1-2H3. The van der Waals surface area contributed by atoms with Crippen molar-refractivity contribution >= 4 is 15.9 Å². The first-order valence-corrected chi connectivity index (χ1v) is 5.62. The van der Waals surface area contributed by atoms with Gasteiger partial charge >= 0.3 is 0 Å². The van der Waals surface area contributed by atoms with E-state index in [0.717, 1.165) is 23.9 Å². The summed E-state index contributed by atoms with van der Waals surface area (Å²) >= 11 is 3.42. The van der Waals surface area contributed by atoms with Gasteiger partial charge in [0.2, 0.25) is 0 Å². The molecule has 1 aromatic heterocycles. The second kappa shape index (κ2) is 4.89. The van der Waals surface area contributed by atoms with Gasteiger partial charge in [-0.05, 0) is 52.4 Å². The number of hydrogen-bond acceptors (Lipinski definition) is 2. The molecule has 3 heteroatoms. The van der Waals surface area contributed by atoms with E-state index in [0.29, 0.717) is 0 Å². The van der Waals surface area contributed by atoms with Crippen LogP contribution >= 0.6 is 15.9 Å². The summed E-state index contributed by atoms with van der Waals surface area (Å²) in [7, 11) is 0. The van der Waals surface area contributed by atoms with E-state index in [1.54, 1.807) is 6.20 Å². The van der Waals surface area contributed by atoms with Crippen molar-refractivity contribution in [3.8, 4) is 0 Å². The van der Waals surface area contributed by atoms with Gasteiger partial charge in [-0.25, -0.2) is 0 Å². The lowest BCUT2D eigenvalue weighted by molar-refractivity contribution is 0.338. The topological polar surface area (TPSA) is 38.9 Å². The van der Waals surface area contributed by atoms with Crippen LogP contribution in [-0.2, 0) is 6.42 Å². The molecule has 78 valence electrons. The van der Waals surface area contributed by atoms with Gasteiger partial charge < -0.3 is 5.73 Å². The summed E-state index contributed by atoms with van der Waals surface area (Å²) in [4.78, 5) is 4.15. The molecule has 0 aliphatic carbocycles. The summed E-state index contributed by atoms with van der Waals surface area (Å²) < 4.78 is 1.04. The molecular formula is C11H17BrN2. The van der Waals surface area contributed by atoms with E-state index in [9.17, 15) is 0 Å². The third-order valence-corrected chi connectivity index (χ3v) is 2.70. The predicted octanol–water partition coefficient (Wildman–Crippen LogP) is 2.76. The van der Waals surface area contributed by atoms with Crippen LogP contribution in [0, 0.1) is 5.41 Å². The lowest BCUT2D eigenvalue weighted by Crippen LogP contribution is -2.19. The summed E-state index contributed by atoms with van der Waals surface area (Å²) in [5, 5.41) is 0.